The Hall–Kier alpha value is -2.74. The number of carbonyl (C=O) groups is 1. The van der Waals surface area contributed by atoms with E-state index in [1.165, 1.54) is 9.30 Å². The second-order valence-electron chi connectivity index (χ2n) is 6.86. The summed E-state index contributed by atoms with van der Waals surface area (Å²) in [5.74, 6) is -0.722. The van der Waals surface area contributed by atoms with Gasteiger partial charge in [0.1, 0.15) is 11.4 Å². The monoisotopic (exact) mass is 358 g/mol. The zero-order valence-electron chi connectivity index (χ0n) is 14.5. The van der Waals surface area contributed by atoms with Gasteiger partial charge in [0, 0.05) is 37.7 Å². The minimum atomic E-state index is -0.702. The number of amides is 1. The number of aromatic nitrogens is 3. The van der Waals surface area contributed by atoms with Crippen LogP contribution in [-0.4, -0.2) is 49.6 Å². The van der Waals surface area contributed by atoms with Crippen molar-refractivity contribution in [3.8, 4) is 0 Å². The third kappa shape index (κ3) is 2.86. The summed E-state index contributed by atoms with van der Waals surface area (Å²) in [4.78, 5) is 18.3. The van der Waals surface area contributed by atoms with E-state index in [4.69, 9.17) is 4.52 Å². The Morgan fingerprint density at radius 1 is 1.38 bits per heavy atom. The number of hydrogen-bond acceptors (Lipinski definition) is 5. The lowest BCUT2D eigenvalue weighted by Gasteiger charge is -2.14. The minimum absolute atomic E-state index is 0.142. The van der Waals surface area contributed by atoms with Crippen LogP contribution in [0, 0.1) is 25.7 Å². The largest absolute Gasteiger partial charge is 0.391 e. The molecule has 3 aromatic rings. The standard InChI is InChI=1S/C18H19FN4O3/c1-10-3-4-15-20-16(17(19)23(15)7-10)18(25)22-8-12(14(24)9-22)6-13-5-11(2)21-26-13/h3-5,7,12,14,24H,6,8-9H2,1-2H3/t12-,14+/m1/s1. The molecule has 1 aliphatic heterocycles. The molecule has 0 saturated carbocycles. The van der Waals surface area contributed by atoms with Gasteiger partial charge in [0.2, 0.25) is 5.95 Å². The van der Waals surface area contributed by atoms with Crippen LogP contribution in [-0.2, 0) is 6.42 Å². The van der Waals surface area contributed by atoms with Gasteiger partial charge in [0.25, 0.3) is 5.91 Å². The highest BCUT2D eigenvalue weighted by Gasteiger charge is 2.37. The lowest BCUT2D eigenvalue weighted by atomic mass is 10.0. The molecule has 1 aliphatic rings. The molecule has 3 aromatic heterocycles. The van der Waals surface area contributed by atoms with Crippen molar-refractivity contribution < 1.29 is 18.8 Å². The fourth-order valence-corrected chi connectivity index (χ4v) is 3.40. The van der Waals surface area contributed by atoms with Crippen molar-refractivity contribution in [2.45, 2.75) is 26.4 Å². The maximum Gasteiger partial charge on any atom is 0.277 e. The van der Waals surface area contributed by atoms with E-state index in [0.29, 0.717) is 24.4 Å². The Bertz CT molecular complexity index is 980. The maximum atomic E-state index is 14.6. The van der Waals surface area contributed by atoms with Gasteiger partial charge in [-0.1, -0.05) is 11.2 Å². The highest BCUT2D eigenvalue weighted by molar-refractivity contribution is 5.93. The van der Waals surface area contributed by atoms with E-state index in [-0.39, 0.29) is 18.2 Å². The van der Waals surface area contributed by atoms with Crippen molar-refractivity contribution in [3.63, 3.8) is 0 Å². The van der Waals surface area contributed by atoms with Crippen molar-refractivity contribution in [3.05, 3.63) is 53.1 Å². The number of rotatable bonds is 3. The van der Waals surface area contributed by atoms with Gasteiger partial charge in [0.05, 0.1) is 11.8 Å². The SMILES string of the molecule is Cc1ccc2nc(C(=O)N3C[C@@H](Cc4cc(C)no4)[C@@H](O)C3)c(F)n2c1. The van der Waals surface area contributed by atoms with Gasteiger partial charge in [-0.3, -0.25) is 9.20 Å². The van der Waals surface area contributed by atoms with Crippen LogP contribution in [0.4, 0.5) is 4.39 Å². The van der Waals surface area contributed by atoms with Crippen LogP contribution >= 0.6 is 0 Å². The maximum absolute atomic E-state index is 14.6. The van der Waals surface area contributed by atoms with E-state index in [1.54, 1.807) is 18.3 Å². The Kier molecular flexibility index (Phi) is 3.99. The molecule has 1 N–H and O–H groups in total. The summed E-state index contributed by atoms with van der Waals surface area (Å²) in [6, 6.07) is 5.29. The Labute approximate surface area is 149 Å². The number of aliphatic hydroxyl groups excluding tert-OH is 1. The van der Waals surface area contributed by atoms with Crippen molar-refractivity contribution >= 4 is 11.6 Å². The molecule has 8 heteroatoms. The quantitative estimate of drug-likeness (QED) is 0.771. The number of hydrogen-bond donors (Lipinski definition) is 1. The van der Waals surface area contributed by atoms with E-state index < -0.39 is 18.0 Å². The number of fused-ring (bicyclic) bond motifs is 1. The summed E-state index contributed by atoms with van der Waals surface area (Å²) < 4.78 is 21.1. The lowest BCUT2D eigenvalue weighted by Crippen LogP contribution is -2.30. The summed E-state index contributed by atoms with van der Waals surface area (Å²) in [6.07, 6.45) is 1.37. The fourth-order valence-electron chi connectivity index (χ4n) is 3.40. The molecule has 0 aromatic carbocycles. The number of β-amino-alcohol motifs (C(OH)–C–C–N with tert-alkyl or cyclic N) is 1. The van der Waals surface area contributed by atoms with Crippen LogP contribution < -0.4 is 0 Å². The van der Waals surface area contributed by atoms with E-state index in [1.807, 2.05) is 19.9 Å². The Morgan fingerprint density at radius 2 is 2.19 bits per heavy atom. The topological polar surface area (TPSA) is 83.9 Å². The van der Waals surface area contributed by atoms with Crippen LogP contribution in [0.15, 0.2) is 28.9 Å². The number of aryl methyl sites for hydroxylation is 2. The number of imidazole rings is 1. The first kappa shape index (κ1) is 16.7. The number of nitrogens with zero attached hydrogens (tertiary/aromatic N) is 4. The van der Waals surface area contributed by atoms with Gasteiger partial charge >= 0.3 is 0 Å². The molecule has 0 aliphatic carbocycles. The highest BCUT2D eigenvalue weighted by Crippen LogP contribution is 2.24. The molecule has 0 bridgehead atoms. The summed E-state index contributed by atoms with van der Waals surface area (Å²) in [7, 11) is 0. The molecule has 136 valence electrons. The average Bonchev–Trinajstić information content (AvgIpc) is 3.27. The zero-order chi connectivity index (χ0) is 18.4. The molecule has 26 heavy (non-hydrogen) atoms. The predicted molar refractivity (Wildman–Crippen MR) is 90.2 cm³/mol. The summed E-state index contributed by atoms with van der Waals surface area (Å²) in [5.41, 5.74) is 1.79. The number of halogens is 1. The number of likely N-dealkylation sites (tertiary alicyclic amines) is 1. The van der Waals surface area contributed by atoms with Crippen LogP contribution in [0.1, 0.15) is 27.5 Å². The van der Waals surface area contributed by atoms with Crippen LogP contribution in [0.5, 0.6) is 0 Å². The first-order valence-electron chi connectivity index (χ1n) is 8.46. The van der Waals surface area contributed by atoms with Gasteiger partial charge in [-0.15, -0.1) is 0 Å². The van der Waals surface area contributed by atoms with Gasteiger partial charge in [-0.05, 0) is 25.5 Å². The minimum Gasteiger partial charge on any atom is -0.391 e. The smallest absolute Gasteiger partial charge is 0.277 e. The summed E-state index contributed by atoms with van der Waals surface area (Å²) in [6.45, 7) is 4.11. The molecule has 4 heterocycles. The molecule has 1 amide bonds. The summed E-state index contributed by atoms with van der Waals surface area (Å²) in [5, 5.41) is 14.1. The second-order valence-corrected chi connectivity index (χ2v) is 6.86. The molecular weight excluding hydrogens is 339 g/mol. The van der Waals surface area contributed by atoms with Crippen molar-refractivity contribution in [1.29, 1.82) is 0 Å². The third-order valence-corrected chi connectivity index (χ3v) is 4.74. The van der Waals surface area contributed by atoms with E-state index >= 15 is 0 Å². The molecule has 4 rings (SSSR count). The van der Waals surface area contributed by atoms with Gasteiger partial charge in [-0.25, -0.2) is 4.98 Å². The first-order valence-corrected chi connectivity index (χ1v) is 8.46. The molecule has 0 radical (unpaired) electrons. The zero-order valence-corrected chi connectivity index (χ0v) is 14.5. The number of aliphatic hydroxyl groups is 1. The predicted octanol–water partition coefficient (Wildman–Crippen LogP) is 1.75. The molecule has 7 nitrogen and oxygen atoms in total. The molecule has 1 saturated heterocycles. The third-order valence-electron chi connectivity index (χ3n) is 4.74. The normalized spacial score (nSPS) is 20.2. The van der Waals surface area contributed by atoms with Gasteiger partial charge < -0.3 is 14.5 Å². The van der Waals surface area contributed by atoms with E-state index in [0.717, 1.165) is 11.3 Å². The van der Waals surface area contributed by atoms with Gasteiger partial charge in [0.15, 0.2) is 5.69 Å². The Balaban J connectivity index is 1.54. The highest BCUT2D eigenvalue weighted by atomic mass is 19.1. The van der Waals surface area contributed by atoms with E-state index in [2.05, 4.69) is 10.1 Å². The average molecular weight is 358 g/mol. The summed E-state index contributed by atoms with van der Waals surface area (Å²) >= 11 is 0. The molecule has 0 spiro atoms. The molecule has 2 atom stereocenters. The number of pyridine rings is 1. The lowest BCUT2D eigenvalue weighted by molar-refractivity contribution is 0.0754. The van der Waals surface area contributed by atoms with Crippen molar-refractivity contribution in [2.75, 3.05) is 13.1 Å². The number of carbonyl (C=O) groups excluding carboxylic acids is 1. The van der Waals surface area contributed by atoms with Crippen LogP contribution in [0.2, 0.25) is 0 Å². The van der Waals surface area contributed by atoms with Gasteiger partial charge in [-0.2, -0.15) is 4.39 Å². The Morgan fingerprint density at radius 3 is 2.92 bits per heavy atom. The second kappa shape index (κ2) is 6.21. The van der Waals surface area contributed by atoms with E-state index in [9.17, 15) is 14.3 Å². The van der Waals surface area contributed by atoms with Crippen molar-refractivity contribution in [1.82, 2.24) is 19.4 Å². The molecule has 0 unspecified atom stereocenters. The van der Waals surface area contributed by atoms with Crippen molar-refractivity contribution in [2.24, 2.45) is 5.92 Å². The molecule has 1 fully saturated rings. The van der Waals surface area contributed by atoms with Crippen LogP contribution in [0.25, 0.3) is 5.65 Å². The first-order chi connectivity index (χ1) is 12.4. The van der Waals surface area contributed by atoms with Crippen LogP contribution in [0.3, 0.4) is 0 Å². The fraction of sp³-hybridized carbons (Fsp3) is 0.389. The molecular formula is C18H19FN4O3.